The molecule has 0 amide bonds. The molecule has 17 heavy (non-hydrogen) atoms. The summed E-state index contributed by atoms with van der Waals surface area (Å²) in [6, 6.07) is 0. The van der Waals surface area contributed by atoms with Gasteiger partial charge in [0.05, 0.1) is 0 Å². The Labute approximate surface area is 117 Å². The molecule has 6 heteroatoms. The molecule has 0 unspecified atom stereocenters. The second kappa shape index (κ2) is 7.85. The van der Waals surface area contributed by atoms with E-state index in [9.17, 15) is 19.8 Å². The number of carboxylic acid groups (broad SMARTS) is 2. The Morgan fingerprint density at radius 1 is 1.06 bits per heavy atom. The van der Waals surface area contributed by atoms with Crippen LogP contribution in [0.5, 0.6) is 0 Å². The van der Waals surface area contributed by atoms with Crippen molar-refractivity contribution >= 4 is 11.9 Å². The van der Waals surface area contributed by atoms with Crippen LogP contribution in [0.25, 0.3) is 0 Å². The van der Waals surface area contributed by atoms with Gasteiger partial charge in [-0.2, -0.15) is 0 Å². The number of hydrogen-bond donors (Lipinski definition) is 0. The van der Waals surface area contributed by atoms with Crippen LogP contribution in [0.4, 0.5) is 0 Å². The Balaban J connectivity index is -0.000000980. The molecule has 0 spiro atoms. The van der Waals surface area contributed by atoms with Crippen LogP contribution in [-0.2, 0) is 36.8 Å². The first-order valence-corrected chi connectivity index (χ1v) is 5.02. The van der Waals surface area contributed by atoms with Crippen molar-refractivity contribution < 1.29 is 47.0 Å². The first kappa shape index (κ1) is 21.9. The standard InChI is InChI=1S/C11H20O4.O.Ti/c1-10(2,7-5-6-8(12)13)11(3,4)9(14)15;;/h5-7H2,1-4H3,(H,12,13)(H,14,15);;/q;-2;+4/p-2. The molecule has 0 saturated heterocycles. The fourth-order valence-corrected chi connectivity index (χ4v) is 1.26. The Hall–Kier alpha value is -0.386. The van der Waals surface area contributed by atoms with Gasteiger partial charge in [-0.25, -0.2) is 0 Å². The molecule has 0 heterocycles. The fraction of sp³-hybridized carbons (Fsp3) is 0.818. The second-order valence-electron chi connectivity index (χ2n) is 5.02. The molecule has 0 saturated carbocycles. The van der Waals surface area contributed by atoms with Gasteiger partial charge in [0, 0.05) is 17.4 Å². The zero-order chi connectivity index (χ0) is 12.3. The number of carbonyl (C=O) groups is 2. The van der Waals surface area contributed by atoms with E-state index in [-0.39, 0.29) is 33.6 Å². The molecule has 0 atom stereocenters. The minimum atomic E-state index is -1.11. The Morgan fingerprint density at radius 2 is 1.47 bits per heavy atom. The smallest absolute Gasteiger partial charge is 2.00 e. The van der Waals surface area contributed by atoms with Crippen LogP contribution < -0.4 is 10.2 Å². The summed E-state index contributed by atoms with van der Waals surface area (Å²) in [4.78, 5) is 21.2. The second-order valence-corrected chi connectivity index (χ2v) is 5.02. The number of aliphatic carboxylic acids is 2. The van der Waals surface area contributed by atoms with Gasteiger partial charge < -0.3 is 25.3 Å². The Kier molecular flexibility index (Phi) is 10.1. The normalized spacial score (nSPS) is 11.1. The zero-order valence-corrected chi connectivity index (χ0v) is 12.2. The number of hydrogen-bond acceptors (Lipinski definition) is 4. The van der Waals surface area contributed by atoms with E-state index >= 15 is 0 Å². The van der Waals surface area contributed by atoms with E-state index in [2.05, 4.69) is 0 Å². The summed E-state index contributed by atoms with van der Waals surface area (Å²) in [5, 5.41) is 21.2. The van der Waals surface area contributed by atoms with Crippen LogP contribution in [0, 0.1) is 10.8 Å². The Morgan fingerprint density at radius 3 is 1.76 bits per heavy atom. The molecule has 0 aromatic rings. The van der Waals surface area contributed by atoms with E-state index in [1.807, 2.05) is 0 Å². The molecule has 0 bridgehead atoms. The van der Waals surface area contributed by atoms with E-state index in [1.165, 1.54) is 0 Å². The zero-order valence-electron chi connectivity index (χ0n) is 10.7. The number of carbonyl (C=O) groups excluding carboxylic acids is 2. The monoisotopic (exact) mass is 278 g/mol. The van der Waals surface area contributed by atoms with Gasteiger partial charge in [-0.1, -0.05) is 27.7 Å². The van der Waals surface area contributed by atoms with Crippen molar-refractivity contribution in [2.45, 2.75) is 47.0 Å². The molecule has 0 aliphatic heterocycles. The van der Waals surface area contributed by atoms with Crippen LogP contribution in [0.2, 0.25) is 0 Å². The maximum atomic E-state index is 10.9. The summed E-state index contributed by atoms with van der Waals surface area (Å²) in [5.41, 5.74) is -1.47. The van der Waals surface area contributed by atoms with Gasteiger partial charge in [0.2, 0.25) is 0 Å². The molecule has 0 fully saturated rings. The number of carboxylic acids is 2. The van der Waals surface area contributed by atoms with Gasteiger partial charge in [-0.3, -0.25) is 0 Å². The van der Waals surface area contributed by atoms with Crippen molar-refractivity contribution in [2.24, 2.45) is 10.8 Å². The van der Waals surface area contributed by atoms with Crippen LogP contribution >= 0.6 is 0 Å². The van der Waals surface area contributed by atoms with Gasteiger partial charge in [-0.15, -0.1) is 0 Å². The predicted octanol–water partition coefficient (Wildman–Crippen LogP) is -0.412. The first-order valence-electron chi connectivity index (χ1n) is 5.02. The van der Waals surface area contributed by atoms with Gasteiger partial charge >= 0.3 is 21.7 Å². The summed E-state index contributed by atoms with van der Waals surface area (Å²) in [6.07, 6.45) is 0.903. The molecular weight excluding hydrogens is 260 g/mol. The molecule has 0 aromatic heterocycles. The van der Waals surface area contributed by atoms with Crippen molar-refractivity contribution in [1.82, 2.24) is 0 Å². The largest absolute Gasteiger partial charge is 4.00 e. The molecule has 5 nitrogen and oxygen atoms in total. The number of rotatable bonds is 6. The molecule has 0 N–H and O–H groups in total. The van der Waals surface area contributed by atoms with E-state index in [4.69, 9.17) is 0 Å². The fourth-order valence-electron chi connectivity index (χ4n) is 1.26. The van der Waals surface area contributed by atoms with Crippen LogP contribution in [0.15, 0.2) is 0 Å². The van der Waals surface area contributed by atoms with E-state index in [1.54, 1.807) is 27.7 Å². The topological polar surface area (TPSA) is 109 Å². The summed E-state index contributed by atoms with van der Waals surface area (Å²) < 4.78 is 0. The molecule has 0 aliphatic carbocycles. The van der Waals surface area contributed by atoms with Crippen molar-refractivity contribution in [2.75, 3.05) is 0 Å². The van der Waals surface area contributed by atoms with Crippen molar-refractivity contribution in [3.8, 4) is 0 Å². The third kappa shape index (κ3) is 6.19. The predicted molar refractivity (Wildman–Crippen MR) is 52.1 cm³/mol. The SMILES string of the molecule is CC(C)(CCCC(=O)[O-])C(C)(C)C(=O)[O-].[O-2].[Ti+4]. The summed E-state index contributed by atoms with van der Waals surface area (Å²) >= 11 is 0. The Bertz CT molecular complexity index is 261. The van der Waals surface area contributed by atoms with Gasteiger partial charge in [0.25, 0.3) is 0 Å². The van der Waals surface area contributed by atoms with Crippen LogP contribution in [0.3, 0.4) is 0 Å². The maximum absolute atomic E-state index is 10.9. The quantitative estimate of drug-likeness (QED) is 0.615. The van der Waals surface area contributed by atoms with E-state index in [0.717, 1.165) is 0 Å². The summed E-state index contributed by atoms with van der Waals surface area (Å²) in [7, 11) is 0. The summed E-state index contributed by atoms with van der Waals surface area (Å²) in [6.45, 7) is 6.80. The average molecular weight is 278 g/mol. The van der Waals surface area contributed by atoms with E-state index in [0.29, 0.717) is 12.8 Å². The van der Waals surface area contributed by atoms with Gasteiger partial charge in [-0.05, 0) is 24.7 Å². The van der Waals surface area contributed by atoms with Crippen molar-refractivity contribution in [1.29, 1.82) is 0 Å². The molecule has 96 valence electrons. The molecule has 0 aliphatic rings. The van der Waals surface area contributed by atoms with E-state index < -0.39 is 22.8 Å². The van der Waals surface area contributed by atoms with Gasteiger partial charge in [0.1, 0.15) is 0 Å². The van der Waals surface area contributed by atoms with Crippen LogP contribution in [-0.4, -0.2) is 11.9 Å². The third-order valence-corrected chi connectivity index (χ3v) is 3.38. The minimum Gasteiger partial charge on any atom is -2.00 e. The summed E-state index contributed by atoms with van der Waals surface area (Å²) in [5.74, 6) is -2.21. The molecular formula is C11H18O5Ti. The average Bonchev–Trinajstić information content (AvgIpc) is 2.02. The molecule has 0 aromatic carbocycles. The van der Waals surface area contributed by atoms with Crippen molar-refractivity contribution in [3.05, 3.63) is 0 Å². The third-order valence-electron chi connectivity index (χ3n) is 3.38. The minimum absolute atomic E-state index is 0. The first-order chi connectivity index (χ1) is 6.61. The maximum Gasteiger partial charge on any atom is 4.00 e. The molecule has 0 radical (unpaired) electrons. The van der Waals surface area contributed by atoms with Crippen LogP contribution in [0.1, 0.15) is 47.0 Å². The molecule has 0 rings (SSSR count). The van der Waals surface area contributed by atoms with Gasteiger partial charge in [0.15, 0.2) is 0 Å². The van der Waals surface area contributed by atoms with Crippen molar-refractivity contribution in [3.63, 3.8) is 0 Å².